The van der Waals surface area contributed by atoms with Crippen LogP contribution in [-0.2, 0) is 4.79 Å². The Morgan fingerprint density at radius 1 is 1.21 bits per heavy atom. The number of fused-ring (bicyclic) bond motifs is 1. The third-order valence-corrected chi connectivity index (χ3v) is 6.38. The second-order valence-corrected chi connectivity index (χ2v) is 11.8. The fourth-order valence-corrected chi connectivity index (χ4v) is 3.87. The molecule has 6 N–H and O–H groups in total. The van der Waals surface area contributed by atoms with E-state index >= 15 is 0 Å². The molecule has 34 heavy (non-hydrogen) atoms. The van der Waals surface area contributed by atoms with Crippen molar-refractivity contribution in [3.05, 3.63) is 59.2 Å². The third-order valence-electron chi connectivity index (χ3n) is 5.40. The van der Waals surface area contributed by atoms with Gasteiger partial charge in [0.15, 0.2) is 5.78 Å². The molecule has 7 nitrogen and oxygen atoms in total. The monoisotopic (exact) mass is 505 g/mol. The van der Waals surface area contributed by atoms with Gasteiger partial charge in [-0.3, -0.25) is 18.6 Å². The molecule has 2 aromatic rings. The fraction of sp³-hybridized carbons (Fsp3) is 0.360. The molecule has 0 heterocycles. The van der Waals surface area contributed by atoms with Crippen molar-refractivity contribution in [2.75, 3.05) is 11.0 Å². The molecule has 2 aromatic carbocycles. The van der Waals surface area contributed by atoms with Gasteiger partial charge in [0.1, 0.15) is 17.2 Å². The average Bonchev–Trinajstić information content (AvgIpc) is 2.73. The van der Waals surface area contributed by atoms with Gasteiger partial charge in [0.05, 0.1) is 11.4 Å². The van der Waals surface area contributed by atoms with E-state index in [1.165, 1.54) is 12.7 Å². The Balaban J connectivity index is 0.000000604. The molecule has 0 radical (unpaired) electrons. The van der Waals surface area contributed by atoms with Crippen LogP contribution in [-0.4, -0.2) is 32.1 Å². The first-order valence-electron chi connectivity index (χ1n) is 10.9. The van der Waals surface area contributed by atoms with E-state index in [0.29, 0.717) is 27.2 Å². The minimum atomic E-state index is -2.93. The maximum atomic E-state index is 12.8. The zero-order chi connectivity index (χ0) is 25.8. The number of aliphatic hydroxyl groups is 1. The number of nitrogens with zero attached hydrogens (tertiary/aromatic N) is 1. The van der Waals surface area contributed by atoms with Crippen molar-refractivity contribution < 1.29 is 19.0 Å². The highest BCUT2D eigenvalue weighted by molar-refractivity contribution is 8.24. The number of carbonyl (C=O) groups is 1. The lowest BCUT2D eigenvalue weighted by molar-refractivity contribution is -0.116. The van der Waals surface area contributed by atoms with Gasteiger partial charge in [-0.05, 0) is 29.2 Å². The topological polar surface area (TPSA) is 128 Å². The molecule has 0 bridgehead atoms. The molecule has 9 heteroatoms. The number of nitrogens with two attached hydrogens (primary N) is 1. The molecule has 0 saturated carbocycles. The van der Waals surface area contributed by atoms with E-state index in [4.69, 9.17) is 5.73 Å². The highest BCUT2D eigenvalue weighted by Gasteiger charge is 2.33. The van der Waals surface area contributed by atoms with Crippen LogP contribution in [0, 0.1) is 5.41 Å². The summed E-state index contributed by atoms with van der Waals surface area (Å²) in [4.78, 5) is 17.4. The van der Waals surface area contributed by atoms with E-state index in [2.05, 4.69) is 50.0 Å². The van der Waals surface area contributed by atoms with E-state index in [-0.39, 0.29) is 23.0 Å². The predicted molar refractivity (Wildman–Crippen MR) is 147 cm³/mol. The van der Waals surface area contributed by atoms with Crippen LogP contribution in [0.25, 0.3) is 5.76 Å². The van der Waals surface area contributed by atoms with Gasteiger partial charge >= 0.3 is 0 Å². The standard InChI is InChI=1S/C19H21N3O4S2.C6H14/c1-10-12-5-3-4-6-13(12)18(24)16(17(10)23)19(20)21-14-8-7-11(9-15(14)27)22-28(2,25)26;1-5-6(2,3)4/h3-10,22,24-27H,1-2H3,(H2,20,21);5H2,1-4H3. The second kappa shape index (κ2) is 10.9. The Morgan fingerprint density at radius 2 is 1.79 bits per heavy atom. The molecule has 3 rings (SSSR count). The van der Waals surface area contributed by atoms with Crippen LogP contribution in [0.2, 0.25) is 0 Å². The fourth-order valence-electron chi connectivity index (χ4n) is 3.04. The molecular formula is C25H35N3O4S2. The maximum absolute atomic E-state index is 12.8. The van der Waals surface area contributed by atoms with Crippen molar-refractivity contribution in [2.24, 2.45) is 16.1 Å². The summed E-state index contributed by atoms with van der Waals surface area (Å²) >= 11 is 4.34. The number of rotatable bonds is 4. The minimum Gasteiger partial charge on any atom is -0.506 e. The number of hydrogen-bond donors (Lipinski definition) is 6. The number of aliphatic hydroxyl groups excluding tert-OH is 1. The largest absolute Gasteiger partial charge is 0.506 e. The molecule has 0 fully saturated rings. The van der Waals surface area contributed by atoms with Gasteiger partial charge in [0.25, 0.3) is 0 Å². The molecular weight excluding hydrogens is 470 g/mol. The Morgan fingerprint density at radius 3 is 2.32 bits per heavy atom. The lowest BCUT2D eigenvalue weighted by atomic mass is 9.81. The first-order valence-corrected chi connectivity index (χ1v) is 13.3. The van der Waals surface area contributed by atoms with Crippen molar-refractivity contribution in [1.29, 1.82) is 0 Å². The minimum absolute atomic E-state index is 0.0242. The van der Waals surface area contributed by atoms with Gasteiger partial charge in [0.2, 0.25) is 0 Å². The average molecular weight is 506 g/mol. The summed E-state index contributed by atoms with van der Waals surface area (Å²) in [5.74, 6) is -1.07. The highest BCUT2D eigenvalue weighted by atomic mass is 32.3. The summed E-state index contributed by atoms with van der Waals surface area (Å²) < 4.78 is 21.5. The van der Waals surface area contributed by atoms with Crippen LogP contribution in [0.5, 0.6) is 0 Å². The van der Waals surface area contributed by atoms with E-state index in [9.17, 15) is 19.0 Å². The normalized spacial score (nSPS) is 17.0. The summed E-state index contributed by atoms with van der Waals surface area (Å²) in [5.41, 5.74) is 8.71. The number of aliphatic imine (C=N–C) groups is 1. The van der Waals surface area contributed by atoms with Gasteiger partial charge in [-0.15, -0.1) is 23.4 Å². The molecule has 0 spiro atoms. The SMILES string of the molecule is CC1C(=O)C(C(N)=Nc2ccc(NS(C)(O)O)cc2S)=C(O)c2ccccc21.CCC(C)(C)C. The second-order valence-electron chi connectivity index (χ2n) is 9.45. The van der Waals surface area contributed by atoms with Crippen LogP contribution < -0.4 is 10.5 Å². The van der Waals surface area contributed by atoms with E-state index in [1.54, 1.807) is 43.3 Å². The number of hydrogen-bond acceptors (Lipinski definition) is 7. The molecule has 1 unspecified atom stereocenters. The summed E-state index contributed by atoms with van der Waals surface area (Å²) in [6.07, 6.45) is 2.53. The van der Waals surface area contributed by atoms with Gasteiger partial charge in [0, 0.05) is 22.6 Å². The van der Waals surface area contributed by atoms with Crippen molar-refractivity contribution >= 4 is 52.2 Å². The highest BCUT2D eigenvalue weighted by Crippen LogP contribution is 2.38. The lowest BCUT2D eigenvalue weighted by Crippen LogP contribution is -2.29. The number of benzene rings is 2. The van der Waals surface area contributed by atoms with Gasteiger partial charge < -0.3 is 10.8 Å². The smallest absolute Gasteiger partial charge is 0.177 e. The molecule has 0 amide bonds. The number of anilines is 1. The summed E-state index contributed by atoms with van der Waals surface area (Å²) in [7, 11) is -2.93. The number of nitrogens with one attached hydrogen (secondary N) is 1. The van der Waals surface area contributed by atoms with E-state index in [0.717, 1.165) is 5.56 Å². The lowest BCUT2D eigenvalue weighted by Gasteiger charge is -2.28. The first kappa shape index (κ1) is 27.8. The summed E-state index contributed by atoms with van der Waals surface area (Å²) in [6, 6.07) is 11.8. The molecule has 0 aromatic heterocycles. The number of carbonyl (C=O) groups excluding carboxylic acids is 1. The molecule has 1 aliphatic carbocycles. The van der Waals surface area contributed by atoms with Gasteiger partial charge in [-0.1, -0.05) is 65.3 Å². The van der Waals surface area contributed by atoms with E-state index < -0.39 is 16.7 Å². The molecule has 186 valence electrons. The molecule has 0 aliphatic heterocycles. The number of thiol groups is 1. The van der Waals surface area contributed by atoms with Crippen molar-refractivity contribution in [3.8, 4) is 0 Å². The number of amidine groups is 1. The van der Waals surface area contributed by atoms with Gasteiger partial charge in [-0.25, -0.2) is 4.99 Å². The van der Waals surface area contributed by atoms with Crippen molar-refractivity contribution in [2.45, 2.75) is 51.9 Å². The van der Waals surface area contributed by atoms with Crippen molar-refractivity contribution in [1.82, 2.24) is 0 Å². The Labute approximate surface area is 209 Å². The van der Waals surface area contributed by atoms with Crippen LogP contribution >= 0.6 is 23.4 Å². The Kier molecular flexibility index (Phi) is 8.87. The third kappa shape index (κ3) is 7.27. The van der Waals surface area contributed by atoms with Crippen molar-refractivity contribution in [3.63, 3.8) is 0 Å². The maximum Gasteiger partial charge on any atom is 0.177 e. The molecule has 1 atom stereocenters. The van der Waals surface area contributed by atoms with Crippen LogP contribution in [0.4, 0.5) is 11.4 Å². The number of ketones is 1. The number of Topliss-reactive ketones (excluding diaryl/α,β-unsaturated/α-hetero) is 1. The summed E-state index contributed by atoms with van der Waals surface area (Å²) in [6.45, 7) is 10.7. The Hall–Kier alpha value is -2.46. The molecule has 1 aliphatic rings. The zero-order valence-corrected chi connectivity index (χ0v) is 22.2. The predicted octanol–water partition coefficient (Wildman–Crippen LogP) is 6.77. The van der Waals surface area contributed by atoms with Crippen LogP contribution in [0.3, 0.4) is 0 Å². The summed E-state index contributed by atoms with van der Waals surface area (Å²) in [5, 5.41) is 10.6. The molecule has 0 saturated heterocycles. The first-order chi connectivity index (χ1) is 15.6. The Bertz CT molecular complexity index is 1120. The van der Waals surface area contributed by atoms with Crippen LogP contribution in [0.15, 0.2) is 57.9 Å². The van der Waals surface area contributed by atoms with E-state index in [1.807, 2.05) is 6.07 Å². The van der Waals surface area contributed by atoms with Gasteiger partial charge in [-0.2, -0.15) is 0 Å². The zero-order valence-electron chi connectivity index (χ0n) is 20.5. The van der Waals surface area contributed by atoms with Crippen LogP contribution in [0.1, 0.15) is 58.1 Å². The quantitative estimate of drug-likeness (QED) is 0.155.